The number of amides is 1. The second-order valence-electron chi connectivity index (χ2n) is 3.34. The monoisotopic (exact) mass is 170 g/mol. The van der Waals surface area contributed by atoms with Gasteiger partial charge in [-0.25, -0.2) is 0 Å². The zero-order valence-corrected chi connectivity index (χ0v) is 7.94. The van der Waals surface area contributed by atoms with Gasteiger partial charge in [-0.15, -0.1) is 0 Å². The van der Waals surface area contributed by atoms with Crippen LogP contribution in [0.5, 0.6) is 0 Å². The van der Waals surface area contributed by atoms with Gasteiger partial charge >= 0.3 is 0 Å². The molecule has 3 heteroatoms. The third kappa shape index (κ3) is 3.51. The maximum Gasteiger partial charge on any atom is 0.233 e. The van der Waals surface area contributed by atoms with Gasteiger partial charge in [0.2, 0.25) is 12.2 Å². The molecular formula is C9H16NO2. The number of rotatable bonds is 5. The summed E-state index contributed by atoms with van der Waals surface area (Å²) in [6.45, 7) is 5.80. The number of nitrogens with one attached hydrogen (secondary N) is 1. The lowest BCUT2D eigenvalue weighted by molar-refractivity contribution is -0.126. The first kappa shape index (κ1) is 11.1. The molecule has 1 amide bonds. The summed E-state index contributed by atoms with van der Waals surface area (Å²) in [5.41, 5.74) is -1.01. The first-order valence-electron chi connectivity index (χ1n) is 4.22. The highest BCUT2D eigenvalue weighted by Gasteiger charge is 2.27. The van der Waals surface area contributed by atoms with Crippen molar-refractivity contribution in [2.24, 2.45) is 5.41 Å². The Hall–Kier alpha value is -0.860. The van der Waals surface area contributed by atoms with E-state index in [2.05, 4.69) is 5.32 Å². The molecule has 69 valence electrons. The molecule has 12 heavy (non-hydrogen) atoms. The molecule has 0 aliphatic heterocycles. The van der Waals surface area contributed by atoms with Crippen LogP contribution in [0.15, 0.2) is 0 Å². The predicted molar refractivity (Wildman–Crippen MR) is 47.4 cm³/mol. The van der Waals surface area contributed by atoms with Crippen LogP contribution in [0.2, 0.25) is 0 Å². The van der Waals surface area contributed by atoms with Gasteiger partial charge in [-0.2, -0.15) is 0 Å². The third-order valence-electron chi connectivity index (χ3n) is 1.64. The Labute approximate surface area is 73.5 Å². The Morgan fingerprint density at radius 3 is 2.50 bits per heavy atom. The fourth-order valence-corrected chi connectivity index (χ4v) is 0.646. The third-order valence-corrected chi connectivity index (χ3v) is 1.64. The van der Waals surface area contributed by atoms with Crippen LogP contribution in [-0.2, 0) is 9.59 Å². The Balaban J connectivity index is 3.79. The molecule has 0 rings (SSSR count). The molecular weight excluding hydrogens is 154 g/mol. The molecule has 3 nitrogen and oxygen atoms in total. The molecule has 0 aromatic carbocycles. The molecule has 0 saturated carbocycles. The van der Waals surface area contributed by atoms with Gasteiger partial charge in [0, 0.05) is 6.54 Å². The van der Waals surface area contributed by atoms with Crippen molar-refractivity contribution in [3.05, 3.63) is 0 Å². The first-order valence-corrected chi connectivity index (χ1v) is 4.22. The fourth-order valence-electron chi connectivity index (χ4n) is 0.646. The van der Waals surface area contributed by atoms with Crippen molar-refractivity contribution in [2.75, 3.05) is 6.54 Å². The summed E-state index contributed by atoms with van der Waals surface area (Å²) < 4.78 is 0. The van der Waals surface area contributed by atoms with Crippen LogP contribution in [0, 0.1) is 5.41 Å². The van der Waals surface area contributed by atoms with Crippen molar-refractivity contribution >= 4 is 12.2 Å². The van der Waals surface area contributed by atoms with Crippen molar-refractivity contribution in [3.63, 3.8) is 0 Å². The number of unbranched alkanes of at least 4 members (excludes halogenated alkanes) is 1. The van der Waals surface area contributed by atoms with Gasteiger partial charge in [0.1, 0.15) is 5.41 Å². The zero-order valence-electron chi connectivity index (χ0n) is 7.94. The second-order valence-corrected chi connectivity index (χ2v) is 3.34. The lowest BCUT2D eigenvalue weighted by Crippen LogP contribution is -2.38. The van der Waals surface area contributed by atoms with Gasteiger partial charge in [0.15, 0.2) is 0 Å². The standard InChI is InChI=1S/C9H16NO2/c1-4-5-6-10-8(12)9(2,3)7-11/h4-6H2,1-3H3,(H,10,12). The van der Waals surface area contributed by atoms with Crippen molar-refractivity contribution in [1.82, 2.24) is 5.32 Å². The highest BCUT2D eigenvalue weighted by atomic mass is 16.2. The van der Waals surface area contributed by atoms with Crippen LogP contribution in [0.1, 0.15) is 33.6 Å². The van der Waals surface area contributed by atoms with E-state index in [1.807, 2.05) is 6.92 Å². The largest absolute Gasteiger partial charge is 0.355 e. The number of carbonyl (C=O) groups excluding carboxylic acids is 2. The maximum absolute atomic E-state index is 11.2. The summed E-state index contributed by atoms with van der Waals surface area (Å²) in [7, 11) is 0. The highest BCUT2D eigenvalue weighted by molar-refractivity contribution is 5.95. The SMILES string of the molecule is CCCCNC(=O)C(C)(C)[C]=O. The van der Waals surface area contributed by atoms with Crippen LogP contribution >= 0.6 is 0 Å². The number of hydrogen-bond acceptors (Lipinski definition) is 2. The van der Waals surface area contributed by atoms with E-state index in [-0.39, 0.29) is 5.91 Å². The lowest BCUT2D eigenvalue weighted by atomic mass is 9.95. The molecule has 0 fully saturated rings. The summed E-state index contributed by atoms with van der Waals surface area (Å²) in [6, 6.07) is 0. The van der Waals surface area contributed by atoms with Gasteiger partial charge in [-0.05, 0) is 20.3 Å². The average Bonchev–Trinajstić information content (AvgIpc) is 2.05. The van der Waals surface area contributed by atoms with Crippen molar-refractivity contribution < 1.29 is 9.59 Å². The zero-order chi connectivity index (χ0) is 9.61. The summed E-state index contributed by atoms with van der Waals surface area (Å²) >= 11 is 0. The van der Waals surface area contributed by atoms with E-state index >= 15 is 0 Å². The van der Waals surface area contributed by atoms with E-state index in [0.717, 1.165) is 12.8 Å². The molecule has 0 aliphatic rings. The quantitative estimate of drug-likeness (QED) is 0.495. The van der Waals surface area contributed by atoms with E-state index in [0.29, 0.717) is 6.54 Å². The van der Waals surface area contributed by atoms with E-state index < -0.39 is 5.41 Å². The van der Waals surface area contributed by atoms with Crippen LogP contribution in [0.3, 0.4) is 0 Å². The molecule has 0 atom stereocenters. The van der Waals surface area contributed by atoms with Gasteiger partial charge < -0.3 is 5.32 Å². The number of carbonyl (C=O) groups is 1. The normalized spacial score (nSPS) is 10.9. The van der Waals surface area contributed by atoms with Gasteiger partial charge in [-0.1, -0.05) is 13.3 Å². The van der Waals surface area contributed by atoms with E-state index in [9.17, 15) is 9.59 Å². The molecule has 0 aliphatic carbocycles. The Bertz CT molecular complexity index is 164. The topological polar surface area (TPSA) is 46.2 Å². The minimum Gasteiger partial charge on any atom is -0.355 e. The first-order chi connectivity index (χ1) is 5.54. The minimum absolute atomic E-state index is 0.244. The fraction of sp³-hybridized carbons (Fsp3) is 0.778. The molecule has 1 N–H and O–H groups in total. The minimum atomic E-state index is -1.01. The number of hydrogen-bond donors (Lipinski definition) is 1. The van der Waals surface area contributed by atoms with Gasteiger partial charge in [-0.3, -0.25) is 9.59 Å². The molecule has 0 unspecified atom stereocenters. The summed E-state index contributed by atoms with van der Waals surface area (Å²) in [4.78, 5) is 21.5. The summed E-state index contributed by atoms with van der Waals surface area (Å²) in [5.74, 6) is -0.244. The molecule has 0 bridgehead atoms. The molecule has 1 radical (unpaired) electrons. The second kappa shape index (κ2) is 4.91. The Morgan fingerprint density at radius 2 is 2.08 bits per heavy atom. The maximum atomic E-state index is 11.2. The van der Waals surface area contributed by atoms with E-state index in [4.69, 9.17) is 0 Å². The molecule has 0 aromatic heterocycles. The molecule has 0 saturated heterocycles. The van der Waals surface area contributed by atoms with Crippen LogP contribution in [-0.4, -0.2) is 18.7 Å². The van der Waals surface area contributed by atoms with Gasteiger partial charge in [0.25, 0.3) is 0 Å². The summed E-state index contributed by atoms with van der Waals surface area (Å²) in [6.07, 6.45) is 3.68. The van der Waals surface area contributed by atoms with Crippen molar-refractivity contribution in [1.29, 1.82) is 0 Å². The molecule has 0 heterocycles. The summed E-state index contributed by atoms with van der Waals surface area (Å²) in [5, 5.41) is 2.67. The highest BCUT2D eigenvalue weighted by Crippen LogP contribution is 2.10. The van der Waals surface area contributed by atoms with Crippen molar-refractivity contribution in [3.8, 4) is 0 Å². The van der Waals surface area contributed by atoms with Crippen LogP contribution < -0.4 is 5.32 Å². The Morgan fingerprint density at radius 1 is 1.50 bits per heavy atom. The smallest absolute Gasteiger partial charge is 0.233 e. The van der Waals surface area contributed by atoms with E-state index in [1.54, 1.807) is 20.1 Å². The molecule has 0 spiro atoms. The van der Waals surface area contributed by atoms with Crippen LogP contribution in [0.4, 0.5) is 0 Å². The average molecular weight is 170 g/mol. The van der Waals surface area contributed by atoms with Crippen molar-refractivity contribution in [2.45, 2.75) is 33.6 Å². The molecule has 0 aromatic rings. The predicted octanol–water partition coefficient (Wildman–Crippen LogP) is 1.04. The van der Waals surface area contributed by atoms with Gasteiger partial charge in [0.05, 0.1) is 0 Å². The lowest BCUT2D eigenvalue weighted by Gasteiger charge is -2.14. The van der Waals surface area contributed by atoms with E-state index in [1.165, 1.54) is 0 Å². The Kier molecular flexibility index (Phi) is 4.55. The van der Waals surface area contributed by atoms with Crippen LogP contribution in [0.25, 0.3) is 0 Å².